The Morgan fingerprint density at radius 2 is 0.615 bits per heavy atom. The first-order valence-electron chi connectivity index (χ1n) is 21.1. The van der Waals surface area contributed by atoms with Gasteiger partial charge in [-0.25, -0.2) is 0 Å². The highest BCUT2D eigenvalue weighted by atomic mass is 14.2. The average Bonchev–Trinajstić information content (AvgIpc) is 3.19. The first-order chi connectivity index (χ1) is 25.6. The summed E-state index contributed by atoms with van der Waals surface area (Å²) in [6.07, 6.45) is 23.2. The summed E-state index contributed by atoms with van der Waals surface area (Å²) in [5.41, 5.74) is 16.5. The molecule has 0 aliphatic heterocycles. The van der Waals surface area contributed by atoms with Crippen LogP contribution in [0.5, 0.6) is 0 Å². The van der Waals surface area contributed by atoms with Gasteiger partial charge in [-0.05, 0) is 107 Å². The van der Waals surface area contributed by atoms with Crippen molar-refractivity contribution in [3.8, 4) is 44.5 Å². The number of rotatable bonds is 22. The lowest BCUT2D eigenvalue weighted by Crippen LogP contribution is -1.99. The Hall–Kier alpha value is -3.90. The maximum atomic E-state index is 2.57. The van der Waals surface area contributed by atoms with Crippen molar-refractivity contribution in [1.29, 1.82) is 0 Å². The van der Waals surface area contributed by atoms with Gasteiger partial charge in [0.1, 0.15) is 0 Å². The van der Waals surface area contributed by atoms with Crippen molar-refractivity contribution < 1.29 is 0 Å². The van der Waals surface area contributed by atoms with E-state index in [9.17, 15) is 0 Å². The Morgan fingerprint density at radius 3 is 1.04 bits per heavy atom. The van der Waals surface area contributed by atoms with Crippen LogP contribution in [0.3, 0.4) is 0 Å². The minimum atomic E-state index is 1.13. The molecule has 0 atom stereocenters. The first-order valence-corrected chi connectivity index (χ1v) is 21.1. The summed E-state index contributed by atoms with van der Waals surface area (Å²) < 4.78 is 0. The summed E-state index contributed by atoms with van der Waals surface area (Å²) in [5.74, 6) is 0. The fraction of sp³-hybridized carbons (Fsp3) is 0.423. The topological polar surface area (TPSA) is 0 Å². The van der Waals surface area contributed by atoms with Crippen LogP contribution in [-0.4, -0.2) is 0 Å². The van der Waals surface area contributed by atoms with Crippen molar-refractivity contribution in [1.82, 2.24) is 0 Å². The third-order valence-electron chi connectivity index (χ3n) is 11.1. The van der Waals surface area contributed by atoms with Crippen LogP contribution < -0.4 is 0 Å². The van der Waals surface area contributed by atoms with Crippen LogP contribution in [0.2, 0.25) is 0 Å². The molecule has 5 aromatic rings. The van der Waals surface area contributed by atoms with Crippen molar-refractivity contribution in [2.45, 2.75) is 143 Å². The zero-order valence-corrected chi connectivity index (χ0v) is 33.1. The number of unbranched alkanes of at least 4 members (excludes halogenated alkanes) is 12. The summed E-state index contributed by atoms with van der Waals surface area (Å²) in [7, 11) is 0. The molecule has 0 aromatic heterocycles. The van der Waals surface area contributed by atoms with Gasteiger partial charge in [0.05, 0.1) is 0 Å². The van der Waals surface area contributed by atoms with Crippen LogP contribution in [0.25, 0.3) is 44.5 Å². The van der Waals surface area contributed by atoms with E-state index in [-0.39, 0.29) is 0 Å². The fourth-order valence-corrected chi connectivity index (χ4v) is 7.71. The van der Waals surface area contributed by atoms with Gasteiger partial charge < -0.3 is 0 Å². The van der Waals surface area contributed by atoms with Crippen LogP contribution >= 0.6 is 0 Å². The van der Waals surface area contributed by atoms with E-state index in [4.69, 9.17) is 0 Å². The van der Waals surface area contributed by atoms with Gasteiger partial charge in [-0.1, -0.05) is 213 Å². The summed E-state index contributed by atoms with van der Waals surface area (Å²) in [4.78, 5) is 0. The molecule has 0 heteroatoms. The standard InChI is InChI=1S/C52H66/c1-5-8-11-14-15-16-17-20-42-25-29-44(30-26-42)46-33-37-48(38-34-46)52-40-49(21-18-12-9-6-2)51(39-50(52)22-19-13-10-7-3)47-35-31-45(32-36-47)43-27-23-41(4)24-28-43/h23-40H,5-22H2,1-4H3. The lowest BCUT2D eigenvalue weighted by Gasteiger charge is -2.18. The van der Waals surface area contributed by atoms with Crippen molar-refractivity contribution in [3.63, 3.8) is 0 Å². The molecule has 0 saturated heterocycles. The summed E-state index contributed by atoms with van der Waals surface area (Å²) in [5, 5.41) is 0. The second-order valence-electron chi connectivity index (χ2n) is 15.4. The third kappa shape index (κ3) is 11.8. The zero-order valence-electron chi connectivity index (χ0n) is 33.1. The van der Waals surface area contributed by atoms with Crippen molar-refractivity contribution in [2.75, 3.05) is 0 Å². The maximum absolute atomic E-state index is 2.57. The first kappa shape index (κ1) is 39.3. The Bertz CT molecular complexity index is 1720. The Kier molecular flexibility index (Phi) is 16.3. The lowest BCUT2D eigenvalue weighted by atomic mass is 9.86. The van der Waals surface area contributed by atoms with Gasteiger partial charge in [0.15, 0.2) is 0 Å². The second kappa shape index (κ2) is 21.6. The van der Waals surface area contributed by atoms with E-state index in [0.717, 1.165) is 12.8 Å². The minimum Gasteiger partial charge on any atom is -0.0654 e. The Morgan fingerprint density at radius 1 is 0.308 bits per heavy atom. The molecule has 0 heterocycles. The molecule has 52 heavy (non-hydrogen) atoms. The fourth-order valence-electron chi connectivity index (χ4n) is 7.71. The normalized spacial score (nSPS) is 11.3. The minimum absolute atomic E-state index is 1.13. The molecule has 0 unspecified atom stereocenters. The molecule has 0 N–H and O–H groups in total. The van der Waals surface area contributed by atoms with Gasteiger partial charge in [-0.2, -0.15) is 0 Å². The van der Waals surface area contributed by atoms with Crippen molar-refractivity contribution >= 4 is 0 Å². The molecule has 0 radical (unpaired) electrons. The molecule has 0 nitrogen and oxygen atoms in total. The highest BCUT2D eigenvalue weighted by Crippen LogP contribution is 2.36. The van der Waals surface area contributed by atoms with Gasteiger partial charge in [-0.15, -0.1) is 0 Å². The molecule has 0 amide bonds. The zero-order chi connectivity index (χ0) is 36.4. The summed E-state index contributed by atoms with van der Waals surface area (Å²) >= 11 is 0. The number of hydrogen-bond acceptors (Lipinski definition) is 0. The monoisotopic (exact) mass is 691 g/mol. The molecule has 0 aliphatic rings. The van der Waals surface area contributed by atoms with Crippen LogP contribution in [0, 0.1) is 6.92 Å². The summed E-state index contributed by atoms with van der Waals surface area (Å²) in [6, 6.07) is 42.2. The highest BCUT2D eigenvalue weighted by molar-refractivity contribution is 5.79. The molecule has 0 aliphatic carbocycles. The number of hydrogen-bond donors (Lipinski definition) is 0. The molecule has 5 rings (SSSR count). The molecule has 274 valence electrons. The van der Waals surface area contributed by atoms with E-state index in [1.165, 1.54) is 169 Å². The van der Waals surface area contributed by atoms with E-state index >= 15 is 0 Å². The second-order valence-corrected chi connectivity index (χ2v) is 15.4. The van der Waals surface area contributed by atoms with Gasteiger partial charge in [0.25, 0.3) is 0 Å². The average molecular weight is 691 g/mol. The van der Waals surface area contributed by atoms with E-state index in [2.05, 4.69) is 137 Å². The molecular weight excluding hydrogens is 625 g/mol. The number of benzene rings is 5. The predicted octanol–water partition coefficient (Wildman–Crippen LogP) is 16.2. The molecular formula is C52H66. The lowest BCUT2D eigenvalue weighted by molar-refractivity contribution is 0.589. The largest absolute Gasteiger partial charge is 0.0654 e. The quantitative estimate of drug-likeness (QED) is 0.0634. The van der Waals surface area contributed by atoms with E-state index in [0.29, 0.717) is 0 Å². The summed E-state index contributed by atoms with van der Waals surface area (Å²) in [6.45, 7) is 9.07. The Labute approximate surface area is 318 Å². The smallest absolute Gasteiger partial charge is 0.0149 e. The highest BCUT2D eigenvalue weighted by Gasteiger charge is 2.14. The van der Waals surface area contributed by atoms with E-state index in [1.807, 2.05) is 0 Å². The van der Waals surface area contributed by atoms with Gasteiger partial charge in [0, 0.05) is 0 Å². The van der Waals surface area contributed by atoms with Gasteiger partial charge in [0.2, 0.25) is 0 Å². The predicted molar refractivity (Wildman–Crippen MR) is 230 cm³/mol. The van der Waals surface area contributed by atoms with Crippen LogP contribution in [0.15, 0.2) is 109 Å². The van der Waals surface area contributed by atoms with Gasteiger partial charge in [-0.3, -0.25) is 0 Å². The van der Waals surface area contributed by atoms with Crippen molar-refractivity contribution in [2.24, 2.45) is 0 Å². The van der Waals surface area contributed by atoms with Crippen LogP contribution in [0.4, 0.5) is 0 Å². The van der Waals surface area contributed by atoms with Crippen LogP contribution in [-0.2, 0) is 19.3 Å². The Balaban J connectivity index is 1.38. The SMILES string of the molecule is CCCCCCCCCc1ccc(-c2ccc(-c3cc(CCCCCC)c(-c4ccc(-c5ccc(C)cc5)cc4)cc3CCCCCC)cc2)cc1. The molecule has 0 fully saturated rings. The third-order valence-corrected chi connectivity index (χ3v) is 11.1. The molecule has 0 spiro atoms. The molecule has 0 saturated carbocycles. The molecule has 0 bridgehead atoms. The number of aryl methyl sites for hydroxylation is 4. The molecule has 5 aromatic carbocycles. The van der Waals surface area contributed by atoms with Gasteiger partial charge >= 0.3 is 0 Å². The van der Waals surface area contributed by atoms with Crippen molar-refractivity contribution in [3.05, 3.63) is 131 Å². The van der Waals surface area contributed by atoms with E-state index < -0.39 is 0 Å². The van der Waals surface area contributed by atoms with Crippen LogP contribution in [0.1, 0.15) is 139 Å². The maximum Gasteiger partial charge on any atom is -0.0149 e. The van der Waals surface area contributed by atoms with E-state index in [1.54, 1.807) is 0 Å².